The van der Waals surface area contributed by atoms with Gasteiger partial charge in [0.25, 0.3) is 0 Å². The average Bonchev–Trinajstić information content (AvgIpc) is 2.34. The first-order valence-corrected chi connectivity index (χ1v) is 4.59. The van der Waals surface area contributed by atoms with E-state index in [1.807, 2.05) is 0 Å². The molecule has 0 atom stereocenters. The summed E-state index contributed by atoms with van der Waals surface area (Å²) in [4.78, 5) is 21.5. The predicted molar refractivity (Wildman–Crippen MR) is 56.9 cm³/mol. The van der Waals surface area contributed by atoms with E-state index in [1.165, 1.54) is 32.4 Å². The lowest BCUT2D eigenvalue weighted by Gasteiger charge is -2.09. The first kappa shape index (κ1) is 12.9. The minimum atomic E-state index is -0.709. The number of benzene rings is 1. The fourth-order valence-corrected chi connectivity index (χ4v) is 1.21. The molecule has 7 heteroatoms. The van der Waals surface area contributed by atoms with Crippen LogP contribution >= 0.6 is 0 Å². The maximum Gasteiger partial charge on any atom is 0.341 e. The molecule has 17 heavy (non-hydrogen) atoms. The molecule has 0 saturated carbocycles. The average molecular weight is 241 g/mol. The number of para-hydroxylation sites is 1. The van der Waals surface area contributed by atoms with Gasteiger partial charge in [0.2, 0.25) is 5.75 Å². The Morgan fingerprint density at radius 1 is 1.41 bits per heavy atom. The molecule has 7 nitrogen and oxygen atoms in total. The Labute approximate surface area is 97.0 Å². The molecule has 0 spiro atoms. The lowest BCUT2D eigenvalue weighted by molar-refractivity contribution is -0.386. The molecule has 0 fully saturated rings. The maximum atomic E-state index is 11.4. The van der Waals surface area contributed by atoms with Gasteiger partial charge in [0, 0.05) is 13.2 Å². The Bertz CT molecular complexity index is 431. The summed E-state index contributed by atoms with van der Waals surface area (Å²) in [5.41, 5.74) is -0.330. The third-order valence-corrected chi connectivity index (χ3v) is 1.92. The van der Waals surface area contributed by atoms with Gasteiger partial charge in [-0.05, 0) is 6.07 Å². The second-order valence-corrected chi connectivity index (χ2v) is 2.95. The molecule has 0 aromatic heterocycles. The molecule has 0 aliphatic rings. The van der Waals surface area contributed by atoms with Crippen molar-refractivity contribution in [3.05, 3.63) is 33.9 Å². The Morgan fingerprint density at radius 3 is 2.65 bits per heavy atom. The van der Waals surface area contributed by atoms with Gasteiger partial charge >= 0.3 is 11.7 Å². The van der Waals surface area contributed by atoms with Crippen molar-refractivity contribution in [1.29, 1.82) is 0 Å². The van der Waals surface area contributed by atoms with Gasteiger partial charge in [-0.15, -0.1) is 0 Å². The van der Waals surface area contributed by atoms with Crippen LogP contribution in [0.4, 0.5) is 5.69 Å². The number of methoxy groups -OCH3 is 2. The van der Waals surface area contributed by atoms with Gasteiger partial charge in [-0.1, -0.05) is 6.07 Å². The first-order chi connectivity index (χ1) is 8.11. The van der Waals surface area contributed by atoms with E-state index in [0.717, 1.165) is 0 Å². The van der Waals surface area contributed by atoms with Crippen molar-refractivity contribution in [2.24, 2.45) is 0 Å². The van der Waals surface area contributed by atoms with Gasteiger partial charge in [-0.25, -0.2) is 4.79 Å². The van der Waals surface area contributed by atoms with E-state index in [9.17, 15) is 14.9 Å². The lowest BCUT2D eigenvalue weighted by Crippen LogP contribution is -2.09. The Balaban J connectivity index is 3.23. The predicted octanol–water partition coefficient (Wildman–Crippen LogP) is 1.36. The number of rotatable bonds is 5. The number of nitro groups is 1. The molecule has 0 radical (unpaired) electrons. The van der Waals surface area contributed by atoms with Crippen LogP contribution in [-0.2, 0) is 9.47 Å². The lowest BCUT2D eigenvalue weighted by atomic mass is 10.2. The third-order valence-electron chi connectivity index (χ3n) is 1.92. The number of carbonyl (C=O) groups is 1. The molecule has 0 amide bonds. The molecular formula is C10H11NO6. The molecule has 1 aromatic rings. The molecular weight excluding hydrogens is 230 g/mol. The van der Waals surface area contributed by atoms with Gasteiger partial charge < -0.3 is 14.2 Å². The van der Waals surface area contributed by atoms with Crippen LogP contribution in [0.25, 0.3) is 0 Å². The van der Waals surface area contributed by atoms with E-state index < -0.39 is 10.9 Å². The van der Waals surface area contributed by atoms with Gasteiger partial charge in [0.05, 0.1) is 12.0 Å². The van der Waals surface area contributed by atoms with Crippen molar-refractivity contribution >= 4 is 11.7 Å². The number of nitro benzene ring substituents is 1. The van der Waals surface area contributed by atoms with Crippen molar-refractivity contribution in [2.75, 3.05) is 21.0 Å². The maximum absolute atomic E-state index is 11.4. The van der Waals surface area contributed by atoms with Crippen LogP contribution in [0.3, 0.4) is 0 Å². The quantitative estimate of drug-likeness (QED) is 0.335. The SMILES string of the molecule is COCOc1c(C(=O)OC)cccc1[N+](=O)[O-]. The van der Waals surface area contributed by atoms with Crippen molar-refractivity contribution in [1.82, 2.24) is 0 Å². The number of nitrogens with zero attached hydrogens (tertiary/aromatic N) is 1. The zero-order valence-electron chi connectivity index (χ0n) is 9.34. The summed E-state index contributed by atoms with van der Waals surface area (Å²) in [5.74, 6) is -0.869. The van der Waals surface area contributed by atoms with Crippen LogP contribution in [0.1, 0.15) is 10.4 Å². The van der Waals surface area contributed by atoms with E-state index in [4.69, 9.17) is 4.74 Å². The van der Waals surface area contributed by atoms with Crippen molar-refractivity contribution in [3.63, 3.8) is 0 Å². The molecule has 0 unspecified atom stereocenters. The minimum Gasteiger partial charge on any atom is -0.465 e. The highest BCUT2D eigenvalue weighted by Gasteiger charge is 2.23. The fourth-order valence-electron chi connectivity index (χ4n) is 1.21. The highest BCUT2D eigenvalue weighted by molar-refractivity contribution is 5.94. The van der Waals surface area contributed by atoms with Crippen molar-refractivity contribution in [2.45, 2.75) is 0 Å². The zero-order chi connectivity index (χ0) is 12.8. The van der Waals surface area contributed by atoms with Gasteiger partial charge in [-0.3, -0.25) is 10.1 Å². The summed E-state index contributed by atoms with van der Waals surface area (Å²) < 4.78 is 14.2. The van der Waals surface area contributed by atoms with Crippen LogP contribution in [0.2, 0.25) is 0 Å². The van der Waals surface area contributed by atoms with E-state index >= 15 is 0 Å². The van der Waals surface area contributed by atoms with Crippen LogP contribution in [0.5, 0.6) is 5.75 Å². The number of hydrogen-bond donors (Lipinski definition) is 0. The molecule has 0 bridgehead atoms. The Hall–Kier alpha value is -2.15. The normalized spacial score (nSPS) is 9.76. The molecule has 0 aliphatic heterocycles. The molecule has 0 N–H and O–H groups in total. The molecule has 0 aliphatic carbocycles. The second-order valence-electron chi connectivity index (χ2n) is 2.95. The van der Waals surface area contributed by atoms with E-state index in [1.54, 1.807) is 0 Å². The molecule has 0 heterocycles. The summed E-state index contributed by atoms with van der Waals surface area (Å²) in [6.45, 7) is -0.200. The van der Waals surface area contributed by atoms with Crippen molar-refractivity contribution < 1.29 is 23.9 Å². The summed E-state index contributed by atoms with van der Waals surface area (Å²) in [7, 11) is 2.55. The number of carbonyl (C=O) groups excluding carboxylic acids is 1. The van der Waals surface area contributed by atoms with Crippen LogP contribution in [0, 0.1) is 10.1 Å². The number of ether oxygens (including phenoxy) is 3. The van der Waals surface area contributed by atoms with Crippen LogP contribution in [0.15, 0.2) is 18.2 Å². The molecule has 92 valence electrons. The number of hydrogen-bond acceptors (Lipinski definition) is 6. The highest BCUT2D eigenvalue weighted by Crippen LogP contribution is 2.31. The topological polar surface area (TPSA) is 87.9 Å². The monoisotopic (exact) mass is 241 g/mol. The second kappa shape index (κ2) is 5.80. The number of esters is 1. The van der Waals surface area contributed by atoms with Gasteiger partial charge in [0.1, 0.15) is 5.56 Å². The smallest absolute Gasteiger partial charge is 0.341 e. The standard InChI is InChI=1S/C10H11NO6/c1-15-6-17-9-7(10(12)16-2)4-3-5-8(9)11(13)14/h3-5H,6H2,1-2H3. The molecule has 1 rings (SSSR count). The Kier molecular flexibility index (Phi) is 4.41. The van der Waals surface area contributed by atoms with E-state index in [-0.39, 0.29) is 23.8 Å². The van der Waals surface area contributed by atoms with Gasteiger partial charge in [-0.2, -0.15) is 0 Å². The minimum absolute atomic E-state index is 0.0150. The zero-order valence-corrected chi connectivity index (χ0v) is 9.34. The highest BCUT2D eigenvalue weighted by atomic mass is 16.7. The summed E-state index contributed by atoms with van der Waals surface area (Å²) in [6, 6.07) is 3.99. The third kappa shape index (κ3) is 2.91. The van der Waals surface area contributed by atoms with Gasteiger partial charge in [0.15, 0.2) is 6.79 Å². The fraction of sp³-hybridized carbons (Fsp3) is 0.300. The summed E-state index contributed by atoms with van der Waals surface area (Å²) >= 11 is 0. The first-order valence-electron chi connectivity index (χ1n) is 4.59. The van der Waals surface area contributed by atoms with Crippen LogP contribution < -0.4 is 4.74 Å². The van der Waals surface area contributed by atoms with Crippen LogP contribution in [-0.4, -0.2) is 31.9 Å². The van der Waals surface area contributed by atoms with Crippen molar-refractivity contribution in [3.8, 4) is 5.75 Å². The van der Waals surface area contributed by atoms with E-state index in [0.29, 0.717) is 0 Å². The Morgan fingerprint density at radius 2 is 2.12 bits per heavy atom. The summed E-state index contributed by atoms with van der Waals surface area (Å²) in [6.07, 6.45) is 0. The molecule has 1 aromatic carbocycles. The van der Waals surface area contributed by atoms with E-state index in [2.05, 4.69) is 9.47 Å². The largest absolute Gasteiger partial charge is 0.465 e. The summed E-state index contributed by atoms with van der Waals surface area (Å²) in [5, 5.41) is 10.8. The molecule has 0 saturated heterocycles.